The van der Waals surface area contributed by atoms with Crippen molar-refractivity contribution >= 4 is 34.5 Å². The van der Waals surface area contributed by atoms with Crippen LogP contribution in [-0.4, -0.2) is 27.8 Å². The summed E-state index contributed by atoms with van der Waals surface area (Å²) in [6, 6.07) is 13.2. The van der Waals surface area contributed by atoms with Crippen molar-refractivity contribution in [2.45, 2.75) is 26.2 Å². The van der Waals surface area contributed by atoms with Crippen LogP contribution in [0.4, 0.5) is 11.4 Å². The van der Waals surface area contributed by atoms with Crippen molar-refractivity contribution in [3.05, 3.63) is 59.3 Å². The zero-order valence-electron chi connectivity index (χ0n) is 17.7. The van der Waals surface area contributed by atoms with Crippen molar-refractivity contribution in [2.75, 3.05) is 17.7 Å². The first-order chi connectivity index (χ1) is 14.2. The van der Waals surface area contributed by atoms with Crippen molar-refractivity contribution in [3.63, 3.8) is 0 Å². The molecule has 0 radical (unpaired) electrons. The molecule has 0 bridgehead atoms. The molecule has 6 nitrogen and oxygen atoms in total. The number of thiocarbonyl (C=S) groups is 1. The van der Waals surface area contributed by atoms with Gasteiger partial charge < -0.3 is 15.4 Å². The normalized spacial score (nSPS) is 12.4. The number of hydrogen-bond acceptors (Lipinski definition) is 4. The number of methoxy groups -OCH3 is 1. The molecule has 0 aliphatic heterocycles. The molecule has 3 aromatic rings. The molecule has 0 fully saturated rings. The van der Waals surface area contributed by atoms with Crippen LogP contribution in [0.5, 0.6) is 5.75 Å². The van der Waals surface area contributed by atoms with Gasteiger partial charge in [0, 0.05) is 35.0 Å². The molecule has 154 valence electrons. The number of nitrogens with one attached hydrogen (secondary N) is 2. The second-order valence-corrected chi connectivity index (χ2v) is 8.75. The molecule has 7 heteroatoms. The lowest BCUT2D eigenvalue weighted by Crippen LogP contribution is -2.19. The maximum absolute atomic E-state index is 13.2. The third kappa shape index (κ3) is 3.45. The number of benzene rings is 2. The zero-order chi connectivity index (χ0) is 21.6. The van der Waals surface area contributed by atoms with Gasteiger partial charge in [-0.25, -0.2) is 0 Å². The quantitative estimate of drug-likeness (QED) is 0.467. The second-order valence-electron chi connectivity index (χ2n) is 8.34. The molecule has 1 aliphatic carbocycles. The van der Waals surface area contributed by atoms with Crippen LogP contribution >= 0.6 is 12.2 Å². The Hall–Kier alpha value is -3.19. The van der Waals surface area contributed by atoms with Crippen LogP contribution in [0.25, 0.3) is 11.3 Å². The van der Waals surface area contributed by atoms with Crippen LogP contribution in [0.15, 0.2) is 42.5 Å². The van der Waals surface area contributed by atoms with Gasteiger partial charge in [-0.3, -0.25) is 9.48 Å². The summed E-state index contributed by atoms with van der Waals surface area (Å²) in [4.78, 5) is 13.2. The highest BCUT2D eigenvalue weighted by Gasteiger charge is 2.37. The van der Waals surface area contributed by atoms with Crippen molar-refractivity contribution in [1.29, 1.82) is 0 Å². The molecule has 0 unspecified atom stereocenters. The fraction of sp³-hybridized carbons (Fsp3) is 0.261. The van der Waals surface area contributed by atoms with Crippen LogP contribution in [0, 0.1) is 0 Å². The number of hydrogen-bond donors (Lipinski definition) is 2. The lowest BCUT2D eigenvalue weighted by atomic mass is 9.88. The molecule has 0 amide bonds. The number of nitrogens with zero attached hydrogens (tertiary/aromatic N) is 2. The first kappa shape index (κ1) is 20.1. The molecular weight excluding hydrogens is 396 g/mol. The molecule has 4 rings (SSSR count). The van der Waals surface area contributed by atoms with Gasteiger partial charge in [-0.2, -0.15) is 5.10 Å². The van der Waals surface area contributed by atoms with Crippen LogP contribution < -0.4 is 15.4 Å². The minimum atomic E-state index is -0.214. The summed E-state index contributed by atoms with van der Waals surface area (Å²) in [5.74, 6) is 0.788. The predicted octanol–water partition coefficient (Wildman–Crippen LogP) is 4.75. The van der Waals surface area contributed by atoms with E-state index in [1.54, 1.807) is 7.11 Å². The summed E-state index contributed by atoms with van der Waals surface area (Å²) >= 11 is 5.43. The number of fused-ring (bicyclic) bond motifs is 3. The first-order valence-corrected chi connectivity index (χ1v) is 10.1. The van der Waals surface area contributed by atoms with Gasteiger partial charge in [0.2, 0.25) is 0 Å². The van der Waals surface area contributed by atoms with Crippen LogP contribution in [-0.2, 0) is 12.5 Å². The highest BCUT2D eigenvalue weighted by atomic mass is 32.1. The highest BCUT2D eigenvalue weighted by molar-refractivity contribution is 7.80. The summed E-state index contributed by atoms with van der Waals surface area (Å²) < 4.78 is 6.97. The maximum atomic E-state index is 13.2. The Kier molecular flexibility index (Phi) is 4.86. The molecule has 1 aromatic heterocycles. The molecule has 0 atom stereocenters. The van der Waals surface area contributed by atoms with Gasteiger partial charge in [0.15, 0.2) is 10.9 Å². The van der Waals surface area contributed by atoms with Gasteiger partial charge in [0.25, 0.3) is 0 Å². The minimum Gasteiger partial charge on any atom is -0.497 e. The Labute approximate surface area is 181 Å². The topological polar surface area (TPSA) is 68.2 Å². The van der Waals surface area contributed by atoms with E-state index < -0.39 is 0 Å². The highest BCUT2D eigenvalue weighted by Crippen LogP contribution is 2.42. The third-order valence-electron chi connectivity index (χ3n) is 5.11. The van der Waals surface area contributed by atoms with E-state index in [2.05, 4.69) is 36.5 Å². The minimum absolute atomic E-state index is 0.00991. The zero-order valence-corrected chi connectivity index (χ0v) is 18.5. The molecule has 0 saturated heterocycles. The third-order valence-corrected chi connectivity index (χ3v) is 5.31. The van der Waals surface area contributed by atoms with Gasteiger partial charge in [0.05, 0.1) is 24.1 Å². The average molecular weight is 421 g/mol. The van der Waals surface area contributed by atoms with E-state index in [9.17, 15) is 4.79 Å². The fourth-order valence-corrected chi connectivity index (χ4v) is 3.93. The Balaban J connectivity index is 1.57. The molecule has 2 aromatic carbocycles. The number of ketones is 1. The van der Waals surface area contributed by atoms with Crippen molar-refractivity contribution < 1.29 is 9.53 Å². The Bertz CT molecular complexity index is 1160. The van der Waals surface area contributed by atoms with Gasteiger partial charge in [0.1, 0.15) is 5.75 Å². The number of anilines is 2. The van der Waals surface area contributed by atoms with E-state index >= 15 is 0 Å². The summed E-state index contributed by atoms with van der Waals surface area (Å²) in [5, 5.41) is 11.4. The average Bonchev–Trinajstić information content (AvgIpc) is 3.18. The smallest absolute Gasteiger partial charge is 0.197 e. The van der Waals surface area contributed by atoms with E-state index in [0.717, 1.165) is 34.1 Å². The predicted molar refractivity (Wildman–Crippen MR) is 124 cm³/mol. The lowest BCUT2D eigenvalue weighted by Gasteiger charge is -2.16. The molecule has 1 aliphatic rings. The van der Waals surface area contributed by atoms with E-state index in [0.29, 0.717) is 16.2 Å². The lowest BCUT2D eigenvalue weighted by molar-refractivity contribution is 0.104. The van der Waals surface area contributed by atoms with E-state index in [-0.39, 0.29) is 11.2 Å². The van der Waals surface area contributed by atoms with Crippen LogP contribution in [0.1, 0.15) is 42.4 Å². The van der Waals surface area contributed by atoms with Gasteiger partial charge in [-0.05, 0) is 54.7 Å². The number of aromatic nitrogens is 2. The van der Waals surface area contributed by atoms with Gasteiger partial charge >= 0.3 is 0 Å². The Morgan fingerprint density at radius 2 is 1.67 bits per heavy atom. The first-order valence-electron chi connectivity index (χ1n) is 9.67. The van der Waals surface area contributed by atoms with Crippen LogP contribution in [0.3, 0.4) is 0 Å². The van der Waals surface area contributed by atoms with E-state index in [4.69, 9.17) is 17.0 Å². The van der Waals surface area contributed by atoms with Gasteiger partial charge in [-0.1, -0.05) is 20.8 Å². The standard InChI is InChI=1S/C23H24N4O2S/c1-23(2,3)21-18-19(27(4)26-21)16-11-8-14(12-17(16)20(18)28)25-22(30)24-13-6-9-15(29-5)10-7-13/h6-12H,1-5H3,(H2,24,25,30). The monoisotopic (exact) mass is 420 g/mol. The largest absolute Gasteiger partial charge is 0.497 e. The van der Waals surface area contributed by atoms with E-state index in [1.165, 1.54) is 0 Å². The van der Waals surface area contributed by atoms with Crippen LogP contribution in [0.2, 0.25) is 0 Å². The molecule has 0 spiro atoms. The Morgan fingerprint density at radius 3 is 2.30 bits per heavy atom. The SMILES string of the molecule is COc1ccc(NC(=S)Nc2ccc3c(c2)C(=O)c2c(C(C)(C)C)nn(C)c2-3)cc1. The van der Waals surface area contributed by atoms with Crippen molar-refractivity contribution in [2.24, 2.45) is 7.05 Å². The van der Waals surface area contributed by atoms with Gasteiger partial charge in [-0.15, -0.1) is 0 Å². The molecule has 30 heavy (non-hydrogen) atoms. The molecule has 2 N–H and O–H groups in total. The molecule has 0 saturated carbocycles. The number of ether oxygens (including phenoxy) is 1. The number of carbonyl (C=O) groups is 1. The summed E-state index contributed by atoms with van der Waals surface area (Å²) in [6.45, 7) is 6.21. The summed E-state index contributed by atoms with van der Waals surface area (Å²) in [5.41, 5.74) is 5.37. The second kappa shape index (κ2) is 7.25. The maximum Gasteiger partial charge on any atom is 0.197 e. The van der Waals surface area contributed by atoms with Crippen molar-refractivity contribution in [3.8, 4) is 17.0 Å². The summed E-state index contributed by atoms with van der Waals surface area (Å²) in [7, 11) is 3.51. The molecular formula is C23H24N4O2S. The van der Waals surface area contributed by atoms with Crippen molar-refractivity contribution in [1.82, 2.24) is 9.78 Å². The molecule has 1 heterocycles. The number of rotatable bonds is 3. The number of aryl methyl sites for hydroxylation is 1. The fourth-order valence-electron chi connectivity index (χ4n) is 3.69. The summed E-state index contributed by atoms with van der Waals surface area (Å²) in [6.07, 6.45) is 0. The van der Waals surface area contributed by atoms with E-state index in [1.807, 2.05) is 54.2 Å². The number of carbonyl (C=O) groups excluding carboxylic acids is 1. The Morgan fingerprint density at radius 1 is 1.03 bits per heavy atom.